The molecule has 1 amide bonds. The van der Waals surface area contributed by atoms with Gasteiger partial charge >= 0.3 is 0 Å². The summed E-state index contributed by atoms with van der Waals surface area (Å²) in [6.07, 6.45) is 1.88. The lowest BCUT2D eigenvalue weighted by molar-refractivity contribution is -0.120. The van der Waals surface area contributed by atoms with Crippen molar-refractivity contribution in [3.8, 4) is 0 Å². The number of hydrogen-bond acceptors (Lipinski definition) is 5. The summed E-state index contributed by atoms with van der Waals surface area (Å²) in [6.45, 7) is 8.73. The average Bonchev–Trinajstić information content (AvgIpc) is 3.24. The summed E-state index contributed by atoms with van der Waals surface area (Å²) < 4.78 is 29.8. The summed E-state index contributed by atoms with van der Waals surface area (Å²) in [7, 11) is -3.66. The van der Waals surface area contributed by atoms with Crippen LogP contribution in [0.25, 0.3) is 11.0 Å². The van der Waals surface area contributed by atoms with Gasteiger partial charge in [0.15, 0.2) is 0 Å². The number of piperidine rings is 1. The second-order valence-corrected chi connectivity index (χ2v) is 10.9. The number of rotatable bonds is 6. The maximum atomic E-state index is 13.2. The minimum absolute atomic E-state index is 0.0536. The largest absolute Gasteiger partial charge is 0.326 e. The molecule has 1 aliphatic rings. The molecule has 2 heterocycles. The van der Waals surface area contributed by atoms with Gasteiger partial charge < -0.3 is 5.32 Å². The summed E-state index contributed by atoms with van der Waals surface area (Å²) in [4.78, 5) is 13.0. The van der Waals surface area contributed by atoms with Crippen LogP contribution in [0, 0.1) is 19.8 Å². The minimum Gasteiger partial charge on any atom is -0.326 e. The van der Waals surface area contributed by atoms with Crippen molar-refractivity contribution in [3.05, 3.63) is 47.5 Å². The van der Waals surface area contributed by atoms with E-state index in [1.54, 1.807) is 18.2 Å². The molecule has 0 spiro atoms. The zero-order valence-corrected chi connectivity index (χ0v) is 20.4. The number of fused-ring (bicyclic) bond motifs is 1. The Morgan fingerprint density at radius 2 is 1.88 bits per heavy atom. The Morgan fingerprint density at radius 1 is 1.15 bits per heavy atom. The van der Waals surface area contributed by atoms with E-state index < -0.39 is 10.0 Å². The zero-order chi connectivity index (χ0) is 23.8. The highest BCUT2D eigenvalue weighted by Crippen LogP contribution is 2.28. The number of aromatic nitrogens is 3. The Bertz CT molecular complexity index is 1280. The number of carbonyl (C=O) groups excluding carboxylic acids is 1. The zero-order valence-electron chi connectivity index (χ0n) is 19.6. The maximum absolute atomic E-state index is 13.2. The molecule has 1 atom stereocenters. The number of anilines is 1. The highest BCUT2D eigenvalue weighted by Gasteiger charge is 2.32. The van der Waals surface area contributed by atoms with Gasteiger partial charge in [0.25, 0.3) is 0 Å². The summed E-state index contributed by atoms with van der Waals surface area (Å²) in [6, 6.07) is 11.1. The smallest absolute Gasteiger partial charge is 0.243 e. The predicted molar refractivity (Wildman–Crippen MR) is 129 cm³/mol. The topological polar surface area (TPSA) is 97.2 Å². The van der Waals surface area contributed by atoms with Gasteiger partial charge in [0.05, 0.1) is 16.5 Å². The summed E-state index contributed by atoms with van der Waals surface area (Å²) >= 11 is 0. The Kier molecular flexibility index (Phi) is 6.54. The Morgan fingerprint density at radius 3 is 2.55 bits per heavy atom. The molecule has 2 aromatic carbocycles. The van der Waals surface area contributed by atoms with Crippen molar-refractivity contribution in [2.45, 2.75) is 57.9 Å². The fourth-order valence-electron chi connectivity index (χ4n) is 4.28. The van der Waals surface area contributed by atoms with E-state index in [0.29, 0.717) is 31.4 Å². The van der Waals surface area contributed by atoms with Crippen LogP contribution in [-0.2, 0) is 14.8 Å². The van der Waals surface area contributed by atoms with Gasteiger partial charge in [-0.05, 0) is 69.9 Å². The summed E-state index contributed by atoms with van der Waals surface area (Å²) in [5, 5.41) is 11.4. The molecule has 8 nitrogen and oxygen atoms in total. The van der Waals surface area contributed by atoms with Crippen LogP contribution in [0.2, 0.25) is 0 Å². The van der Waals surface area contributed by atoms with E-state index in [-0.39, 0.29) is 22.8 Å². The maximum Gasteiger partial charge on any atom is 0.243 e. The van der Waals surface area contributed by atoms with Gasteiger partial charge in [0.2, 0.25) is 15.9 Å². The molecule has 1 aliphatic heterocycles. The molecule has 3 aromatic rings. The van der Waals surface area contributed by atoms with Crippen LogP contribution in [0.5, 0.6) is 0 Å². The van der Waals surface area contributed by atoms with Gasteiger partial charge in [-0.3, -0.25) is 4.79 Å². The highest BCUT2D eigenvalue weighted by molar-refractivity contribution is 7.89. The number of nitrogens with zero attached hydrogens (tertiary/aromatic N) is 4. The molecule has 1 N–H and O–H groups in total. The van der Waals surface area contributed by atoms with E-state index in [2.05, 4.69) is 29.5 Å². The van der Waals surface area contributed by atoms with Gasteiger partial charge in [-0.25, -0.2) is 13.1 Å². The third kappa shape index (κ3) is 4.65. The molecule has 0 bridgehead atoms. The van der Waals surface area contributed by atoms with E-state index in [1.165, 1.54) is 4.31 Å². The molecule has 1 saturated heterocycles. The van der Waals surface area contributed by atoms with Crippen LogP contribution < -0.4 is 5.32 Å². The molecule has 1 aromatic heterocycles. The number of hydrogen-bond donors (Lipinski definition) is 1. The van der Waals surface area contributed by atoms with E-state index in [1.807, 2.05) is 36.7 Å². The predicted octanol–water partition coefficient (Wildman–Crippen LogP) is 4.06. The standard InChI is InChI=1S/C24H31N5O3S/c1-5-18(4)29-23-9-7-20(15-22(23)26-27-29)33(31,32)28-12-10-19(11-13-28)24(30)25-21-8-6-16(2)14-17(21)3/h6-9,14-15,18-19H,5,10-13H2,1-4H3,(H,25,30)/t18-/m0/s1. The second-order valence-electron chi connectivity index (χ2n) is 8.93. The molecule has 1 fully saturated rings. The van der Waals surface area contributed by atoms with Crippen LogP contribution in [0.3, 0.4) is 0 Å². The third-order valence-electron chi connectivity index (χ3n) is 6.55. The monoisotopic (exact) mass is 469 g/mol. The number of amides is 1. The molecule has 9 heteroatoms. The third-order valence-corrected chi connectivity index (χ3v) is 8.45. The number of sulfonamides is 1. The van der Waals surface area contributed by atoms with Crippen molar-refractivity contribution in [1.29, 1.82) is 0 Å². The molecule has 0 unspecified atom stereocenters. The molecule has 33 heavy (non-hydrogen) atoms. The quantitative estimate of drug-likeness (QED) is 0.587. The summed E-state index contributed by atoms with van der Waals surface area (Å²) in [5.74, 6) is -0.267. The molecular formula is C24H31N5O3S. The average molecular weight is 470 g/mol. The normalized spacial score (nSPS) is 16.7. The fourth-order valence-corrected chi connectivity index (χ4v) is 5.77. The highest BCUT2D eigenvalue weighted by atomic mass is 32.2. The van der Waals surface area contributed by atoms with E-state index >= 15 is 0 Å². The van der Waals surface area contributed by atoms with Crippen LogP contribution in [0.4, 0.5) is 5.69 Å². The number of nitrogens with one attached hydrogen (secondary N) is 1. The first-order chi connectivity index (χ1) is 15.7. The first kappa shape index (κ1) is 23.4. The lowest BCUT2D eigenvalue weighted by atomic mass is 9.97. The van der Waals surface area contributed by atoms with Gasteiger partial charge in [0.1, 0.15) is 5.52 Å². The molecule has 0 saturated carbocycles. The minimum atomic E-state index is -3.66. The van der Waals surface area contributed by atoms with Gasteiger partial charge in [-0.1, -0.05) is 29.8 Å². The van der Waals surface area contributed by atoms with Crippen molar-refractivity contribution in [1.82, 2.24) is 19.3 Å². The van der Waals surface area contributed by atoms with Crippen LogP contribution >= 0.6 is 0 Å². The Balaban J connectivity index is 1.44. The summed E-state index contributed by atoms with van der Waals surface area (Å²) in [5.41, 5.74) is 4.36. The van der Waals surface area contributed by atoms with Crippen molar-refractivity contribution in [2.75, 3.05) is 18.4 Å². The van der Waals surface area contributed by atoms with Crippen LogP contribution in [0.15, 0.2) is 41.3 Å². The second kappa shape index (κ2) is 9.23. The molecule has 4 rings (SSSR count). The number of carbonyl (C=O) groups is 1. The van der Waals surface area contributed by atoms with E-state index in [0.717, 1.165) is 28.8 Å². The van der Waals surface area contributed by atoms with E-state index in [9.17, 15) is 13.2 Å². The van der Waals surface area contributed by atoms with Crippen LogP contribution in [-0.4, -0.2) is 46.7 Å². The van der Waals surface area contributed by atoms with Gasteiger partial charge in [0, 0.05) is 24.7 Å². The molecule has 0 radical (unpaired) electrons. The molecular weight excluding hydrogens is 438 g/mol. The van der Waals surface area contributed by atoms with Crippen molar-refractivity contribution in [3.63, 3.8) is 0 Å². The lowest BCUT2D eigenvalue weighted by Gasteiger charge is -2.30. The SMILES string of the molecule is CC[C@H](C)n1nnc2cc(S(=O)(=O)N3CCC(C(=O)Nc4ccc(C)cc4C)CC3)ccc21. The van der Waals surface area contributed by atoms with E-state index in [4.69, 9.17) is 0 Å². The molecule has 176 valence electrons. The Labute approximate surface area is 195 Å². The molecule has 0 aliphatic carbocycles. The van der Waals surface area contributed by atoms with Crippen molar-refractivity contribution < 1.29 is 13.2 Å². The van der Waals surface area contributed by atoms with Crippen molar-refractivity contribution in [2.24, 2.45) is 5.92 Å². The first-order valence-corrected chi connectivity index (χ1v) is 12.9. The first-order valence-electron chi connectivity index (χ1n) is 11.4. The number of aryl methyl sites for hydroxylation is 2. The Hall–Kier alpha value is -2.78. The lowest BCUT2D eigenvalue weighted by Crippen LogP contribution is -2.41. The van der Waals surface area contributed by atoms with Gasteiger partial charge in [-0.15, -0.1) is 5.10 Å². The van der Waals surface area contributed by atoms with Gasteiger partial charge in [-0.2, -0.15) is 4.31 Å². The fraction of sp³-hybridized carbons (Fsp3) is 0.458. The van der Waals surface area contributed by atoms with Crippen LogP contribution in [0.1, 0.15) is 50.3 Å². The van der Waals surface area contributed by atoms with Crippen molar-refractivity contribution >= 4 is 32.7 Å². The number of benzene rings is 2.